The zero-order valence-corrected chi connectivity index (χ0v) is 15.8. The Morgan fingerprint density at radius 3 is 2.09 bits per heavy atom. The minimum Gasteiger partial charge on any atom is -0.103 e. The topological polar surface area (TPSA) is 0 Å². The van der Waals surface area contributed by atoms with E-state index in [-0.39, 0.29) is 0 Å². The van der Waals surface area contributed by atoms with Gasteiger partial charge >= 0.3 is 0 Å². The molecule has 0 nitrogen and oxygen atoms in total. The van der Waals surface area contributed by atoms with Crippen LogP contribution in [0.5, 0.6) is 0 Å². The third-order valence-corrected chi connectivity index (χ3v) is 5.75. The number of benzene rings is 1. The molecule has 0 amide bonds. The summed E-state index contributed by atoms with van der Waals surface area (Å²) in [5.74, 6) is 0.642. The van der Waals surface area contributed by atoms with E-state index in [0.29, 0.717) is 11.3 Å². The van der Waals surface area contributed by atoms with Crippen molar-refractivity contribution < 1.29 is 0 Å². The molecule has 0 heteroatoms. The van der Waals surface area contributed by atoms with Crippen LogP contribution in [0.4, 0.5) is 0 Å². The fourth-order valence-corrected chi connectivity index (χ4v) is 3.98. The monoisotopic (exact) mass is 314 g/mol. The molecule has 0 aliphatic rings. The highest BCUT2D eigenvalue weighted by Gasteiger charge is 2.33. The van der Waals surface area contributed by atoms with E-state index in [9.17, 15) is 0 Å². The second-order valence-electron chi connectivity index (χ2n) is 7.13. The minimum absolute atomic E-state index is 0.381. The van der Waals surface area contributed by atoms with Crippen LogP contribution in [0.1, 0.15) is 84.1 Å². The van der Waals surface area contributed by atoms with Gasteiger partial charge in [0.1, 0.15) is 0 Å². The molecule has 1 rings (SSSR count). The predicted octanol–water partition coefficient (Wildman–Crippen LogP) is 7.59. The Kier molecular flexibility index (Phi) is 9.99. The Morgan fingerprint density at radius 1 is 0.913 bits per heavy atom. The summed E-state index contributed by atoms with van der Waals surface area (Å²) < 4.78 is 0. The molecule has 1 unspecified atom stereocenters. The summed E-state index contributed by atoms with van der Waals surface area (Å²) in [6.07, 6.45) is 15.5. The first-order valence-corrected chi connectivity index (χ1v) is 9.88. The van der Waals surface area contributed by atoms with Gasteiger partial charge in [0.25, 0.3) is 0 Å². The highest BCUT2D eigenvalue weighted by atomic mass is 14.4. The molecule has 1 aromatic rings. The average molecular weight is 315 g/mol. The number of allylic oxidation sites excluding steroid dienone is 1. The van der Waals surface area contributed by atoms with Crippen LogP contribution in [0.2, 0.25) is 0 Å². The number of hydrogen-bond donors (Lipinski definition) is 0. The van der Waals surface area contributed by atoms with E-state index in [1.165, 1.54) is 69.8 Å². The van der Waals surface area contributed by atoms with Gasteiger partial charge in [0.2, 0.25) is 0 Å². The SMILES string of the molecule is C=CC(CCCCCCCC)C(CC)(CC)Cc1ccccc1. The van der Waals surface area contributed by atoms with Gasteiger partial charge in [-0.25, -0.2) is 0 Å². The number of rotatable bonds is 13. The van der Waals surface area contributed by atoms with Crippen LogP contribution < -0.4 is 0 Å². The minimum atomic E-state index is 0.381. The largest absolute Gasteiger partial charge is 0.103 e. The third-order valence-electron chi connectivity index (χ3n) is 5.75. The van der Waals surface area contributed by atoms with Crippen molar-refractivity contribution in [3.05, 3.63) is 48.6 Å². The van der Waals surface area contributed by atoms with Crippen LogP contribution in [-0.4, -0.2) is 0 Å². The molecular formula is C23H38. The smallest absolute Gasteiger partial charge is 0.0177 e. The molecule has 0 aliphatic heterocycles. The summed E-state index contributed by atoms with van der Waals surface area (Å²) in [6, 6.07) is 11.0. The maximum Gasteiger partial charge on any atom is -0.0177 e. The second kappa shape index (κ2) is 11.5. The summed E-state index contributed by atoms with van der Waals surface area (Å²) in [5, 5.41) is 0. The van der Waals surface area contributed by atoms with Crippen molar-refractivity contribution in [2.45, 2.75) is 85.0 Å². The van der Waals surface area contributed by atoms with Crippen molar-refractivity contribution in [2.24, 2.45) is 11.3 Å². The maximum atomic E-state index is 4.19. The zero-order chi connectivity index (χ0) is 17.0. The van der Waals surface area contributed by atoms with Gasteiger partial charge in [-0.2, -0.15) is 0 Å². The highest BCUT2D eigenvalue weighted by Crippen LogP contribution is 2.42. The van der Waals surface area contributed by atoms with E-state index in [1.54, 1.807) is 0 Å². The summed E-state index contributed by atoms with van der Waals surface area (Å²) >= 11 is 0. The van der Waals surface area contributed by atoms with Gasteiger partial charge in [-0.1, -0.05) is 95.7 Å². The zero-order valence-electron chi connectivity index (χ0n) is 15.8. The van der Waals surface area contributed by atoms with Crippen molar-refractivity contribution in [1.82, 2.24) is 0 Å². The van der Waals surface area contributed by atoms with Crippen LogP contribution in [-0.2, 0) is 6.42 Å². The Labute approximate surface area is 145 Å². The molecule has 0 aliphatic carbocycles. The van der Waals surface area contributed by atoms with Crippen molar-refractivity contribution in [3.63, 3.8) is 0 Å². The fourth-order valence-electron chi connectivity index (χ4n) is 3.98. The van der Waals surface area contributed by atoms with Gasteiger partial charge in [-0.15, -0.1) is 6.58 Å². The van der Waals surface area contributed by atoms with Gasteiger partial charge < -0.3 is 0 Å². The lowest BCUT2D eigenvalue weighted by Crippen LogP contribution is -2.31. The summed E-state index contributed by atoms with van der Waals surface area (Å²) in [5.41, 5.74) is 1.86. The molecule has 0 N–H and O–H groups in total. The molecule has 0 saturated heterocycles. The van der Waals surface area contributed by atoms with Gasteiger partial charge in [0.05, 0.1) is 0 Å². The molecule has 0 bridgehead atoms. The van der Waals surface area contributed by atoms with Crippen LogP contribution >= 0.6 is 0 Å². The standard InChI is InChI=1S/C23H38/c1-5-9-10-11-12-16-19-22(6-2)23(7-3,8-4)20-21-17-14-13-15-18-21/h6,13-15,17-18,22H,2,5,7-12,16,19-20H2,1,3-4H3. The molecule has 0 saturated carbocycles. The summed E-state index contributed by atoms with van der Waals surface area (Å²) in [6.45, 7) is 11.2. The average Bonchev–Trinajstić information content (AvgIpc) is 2.60. The van der Waals surface area contributed by atoms with Crippen LogP contribution in [0.3, 0.4) is 0 Å². The number of unbranched alkanes of at least 4 members (excludes halogenated alkanes) is 5. The summed E-state index contributed by atoms with van der Waals surface area (Å²) in [7, 11) is 0. The second-order valence-corrected chi connectivity index (χ2v) is 7.13. The van der Waals surface area contributed by atoms with Crippen molar-refractivity contribution >= 4 is 0 Å². The summed E-state index contributed by atoms with van der Waals surface area (Å²) in [4.78, 5) is 0. The van der Waals surface area contributed by atoms with E-state index in [4.69, 9.17) is 0 Å². The molecule has 1 atom stereocenters. The lowest BCUT2D eigenvalue weighted by atomic mass is 9.66. The highest BCUT2D eigenvalue weighted by molar-refractivity contribution is 5.17. The van der Waals surface area contributed by atoms with E-state index in [1.807, 2.05) is 0 Å². The quantitative estimate of drug-likeness (QED) is 0.260. The molecule has 0 heterocycles. The Balaban J connectivity index is 2.62. The lowest BCUT2D eigenvalue weighted by molar-refractivity contribution is 0.165. The lowest BCUT2D eigenvalue weighted by Gasteiger charge is -2.39. The first-order chi connectivity index (χ1) is 11.2. The van der Waals surface area contributed by atoms with Crippen molar-refractivity contribution in [2.75, 3.05) is 0 Å². The first-order valence-electron chi connectivity index (χ1n) is 9.88. The van der Waals surface area contributed by atoms with Gasteiger partial charge in [-0.05, 0) is 42.6 Å². The van der Waals surface area contributed by atoms with Crippen molar-refractivity contribution in [3.8, 4) is 0 Å². The Morgan fingerprint density at radius 2 is 1.52 bits per heavy atom. The van der Waals surface area contributed by atoms with E-state index < -0.39 is 0 Å². The molecular weight excluding hydrogens is 276 g/mol. The van der Waals surface area contributed by atoms with Crippen LogP contribution in [0.15, 0.2) is 43.0 Å². The molecule has 0 spiro atoms. The molecule has 130 valence electrons. The van der Waals surface area contributed by atoms with Gasteiger partial charge in [0, 0.05) is 0 Å². The third kappa shape index (κ3) is 6.53. The predicted molar refractivity (Wildman–Crippen MR) is 105 cm³/mol. The normalized spacial score (nSPS) is 13.0. The molecule has 1 aromatic carbocycles. The molecule has 0 aromatic heterocycles. The maximum absolute atomic E-state index is 4.19. The van der Waals surface area contributed by atoms with Gasteiger partial charge in [-0.3, -0.25) is 0 Å². The Hall–Kier alpha value is -1.04. The van der Waals surface area contributed by atoms with Crippen LogP contribution in [0.25, 0.3) is 0 Å². The van der Waals surface area contributed by atoms with Crippen LogP contribution in [0, 0.1) is 11.3 Å². The van der Waals surface area contributed by atoms with Crippen molar-refractivity contribution in [1.29, 1.82) is 0 Å². The number of hydrogen-bond acceptors (Lipinski definition) is 0. The molecule has 0 fully saturated rings. The Bertz CT molecular complexity index is 399. The van der Waals surface area contributed by atoms with E-state index >= 15 is 0 Å². The molecule has 0 radical (unpaired) electrons. The van der Waals surface area contributed by atoms with Gasteiger partial charge in [0.15, 0.2) is 0 Å². The van der Waals surface area contributed by atoms with E-state index in [2.05, 4.69) is 63.8 Å². The fraction of sp³-hybridized carbons (Fsp3) is 0.652. The molecule has 23 heavy (non-hydrogen) atoms. The first kappa shape index (κ1) is 20.0. The van der Waals surface area contributed by atoms with E-state index in [0.717, 1.165) is 0 Å².